The number of rotatable bonds is 2. The summed E-state index contributed by atoms with van der Waals surface area (Å²) in [7, 11) is 0. The Morgan fingerprint density at radius 2 is 0.929 bits per heavy atom. The molecule has 0 bridgehead atoms. The second kappa shape index (κ2) is 6.66. The van der Waals surface area contributed by atoms with Crippen molar-refractivity contribution in [3.63, 3.8) is 0 Å². The van der Waals surface area contributed by atoms with Crippen LogP contribution in [0.1, 0.15) is 27.0 Å². The van der Waals surface area contributed by atoms with Crippen molar-refractivity contribution in [2.45, 2.75) is 0 Å². The Bertz CT molecular complexity index is 1130. The second-order valence-electron chi connectivity index (χ2n) is 6.85. The van der Waals surface area contributed by atoms with Gasteiger partial charge >= 0.3 is 0 Å². The number of benzene rings is 4. The molecule has 2 heteroatoms. The second-order valence-corrected chi connectivity index (χ2v) is 7.25. The van der Waals surface area contributed by atoms with Gasteiger partial charge in [0, 0.05) is 22.3 Å². The zero-order valence-electron chi connectivity index (χ0n) is 15.1. The quantitative estimate of drug-likeness (QED) is 0.335. The fourth-order valence-corrected chi connectivity index (χ4v) is 4.33. The van der Waals surface area contributed by atoms with Crippen LogP contribution in [0.3, 0.4) is 0 Å². The molecule has 4 aromatic rings. The summed E-state index contributed by atoms with van der Waals surface area (Å²) in [4.78, 5) is 14.3. The number of ketones is 1. The highest BCUT2D eigenvalue weighted by Gasteiger charge is 2.31. The van der Waals surface area contributed by atoms with E-state index in [1.54, 1.807) is 0 Å². The highest BCUT2D eigenvalue weighted by atomic mass is 32.1. The Morgan fingerprint density at radius 3 is 1.50 bits per heavy atom. The van der Waals surface area contributed by atoms with E-state index in [4.69, 9.17) is 12.2 Å². The molecule has 4 aromatic carbocycles. The van der Waals surface area contributed by atoms with E-state index in [0.717, 1.165) is 38.2 Å². The summed E-state index contributed by atoms with van der Waals surface area (Å²) in [6.07, 6.45) is 0. The molecule has 0 saturated heterocycles. The third-order valence-corrected chi connectivity index (χ3v) is 5.67. The number of hydrogen-bond acceptors (Lipinski definition) is 2. The molecule has 0 fully saturated rings. The molecule has 132 valence electrons. The van der Waals surface area contributed by atoms with Crippen LogP contribution < -0.4 is 0 Å². The van der Waals surface area contributed by atoms with Gasteiger partial charge in [-0.25, -0.2) is 0 Å². The van der Waals surface area contributed by atoms with Crippen LogP contribution in [0, 0.1) is 0 Å². The number of thiocarbonyl (C=S) groups is 1. The van der Waals surface area contributed by atoms with Gasteiger partial charge in [0.1, 0.15) is 0 Å². The zero-order valence-corrected chi connectivity index (χ0v) is 15.9. The summed E-state index contributed by atoms with van der Waals surface area (Å²) >= 11 is 5.91. The first kappa shape index (κ1) is 16.8. The smallest absolute Gasteiger partial charge is 0.194 e. The zero-order chi connectivity index (χ0) is 19.1. The molecule has 1 aliphatic carbocycles. The summed E-state index contributed by atoms with van der Waals surface area (Å²) in [5, 5.41) is 0. The van der Waals surface area contributed by atoms with E-state index in [0.29, 0.717) is 11.1 Å². The molecule has 5 rings (SSSR count). The lowest BCUT2D eigenvalue weighted by molar-refractivity contribution is 0.103. The molecule has 0 aliphatic heterocycles. The summed E-state index contributed by atoms with van der Waals surface area (Å²) < 4.78 is 0. The highest BCUT2D eigenvalue weighted by Crippen LogP contribution is 2.40. The van der Waals surface area contributed by atoms with Gasteiger partial charge in [0.05, 0.1) is 4.86 Å². The monoisotopic (exact) mass is 376 g/mol. The highest BCUT2D eigenvalue weighted by molar-refractivity contribution is 7.81. The SMILES string of the molecule is O=C1c2ccccc2C(=S)c2c(-c3ccccc3)ccc(-c3ccccc3)c21. The molecule has 0 saturated carbocycles. The molecule has 0 N–H and O–H groups in total. The lowest BCUT2D eigenvalue weighted by Crippen LogP contribution is -2.22. The summed E-state index contributed by atoms with van der Waals surface area (Å²) in [5.41, 5.74) is 7.12. The molecule has 0 spiro atoms. The molecule has 0 radical (unpaired) electrons. The van der Waals surface area contributed by atoms with E-state index in [9.17, 15) is 4.79 Å². The maximum absolute atomic E-state index is 13.6. The van der Waals surface area contributed by atoms with E-state index in [1.807, 2.05) is 78.9 Å². The Labute approximate surface area is 169 Å². The van der Waals surface area contributed by atoms with Crippen LogP contribution in [0.4, 0.5) is 0 Å². The normalized spacial score (nSPS) is 12.4. The summed E-state index contributed by atoms with van der Waals surface area (Å²) in [6, 6.07) is 32.0. The van der Waals surface area contributed by atoms with Crippen molar-refractivity contribution in [3.8, 4) is 22.3 Å². The minimum atomic E-state index is 0.0378. The van der Waals surface area contributed by atoms with Gasteiger partial charge in [-0.1, -0.05) is 109 Å². The van der Waals surface area contributed by atoms with E-state index in [2.05, 4.69) is 18.2 Å². The molecule has 0 heterocycles. The Hall–Kier alpha value is -3.36. The average molecular weight is 376 g/mol. The number of carbonyl (C=O) groups excluding carboxylic acids is 1. The predicted octanol–water partition coefficient (Wildman–Crippen LogP) is 6.33. The van der Waals surface area contributed by atoms with Gasteiger partial charge in [0.25, 0.3) is 0 Å². The lowest BCUT2D eigenvalue weighted by atomic mass is 9.78. The maximum Gasteiger partial charge on any atom is 0.194 e. The topological polar surface area (TPSA) is 17.1 Å². The Kier molecular flexibility index (Phi) is 4.00. The van der Waals surface area contributed by atoms with Gasteiger partial charge in [-0.15, -0.1) is 0 Å². The van der Waals surface area contributed by atoms with Crippen LogP contribution in [-0.4, -0.2) is 10.6 Å². The third kappa shape index (κ3) is 2.54. The van der Waals surface area contributed by atoms with Crippen LogP contribution >= 0.6 is 12.2 Å². The van der Waals surface area contributed by atoms with E-state index in [1.165, 1.54) is 0 Å². The molecule has 1 nitrogen and oxygen atoms in total. The minimum absolute atomic E-state index is 0.0378. The molecule has 1 aliphatic rings. The summed E-state index contributed by atoms with van der Waals surface area (Å²) in [5.74, 6) is 0.0378. The number of carbonyl (C=O) groups is 1. The van der Waals surface area contributed by atoms with Crippen LogP contribution in [0.2, 0.25) is 0 Å². The van der Waals surface area contributed by atoms with Crippen LogP contribution in [0.15, 0.2) is 97.1 Å². The van der Waals surface area contributed by atoms with E-state index in [-0.39, 0.29) is 5.78 Å². The molecular weight excluding hydrogens is 360 g/mol. The molecule has 28 heavy (non-hydrogen) atoms. The van der Waals surface area contributed by atoms with Crippen molar-refractivity contribution in [1.29, 1.82) is 0 Å². The van der Waals surface area contributed by atoms with E-state index < -0.39 is 0 Å². The standard InChI is InChI=1S/C26H16OS/c27-25-21-13-7-8-14-22(21)26(28)24-20(18-11-5-2-6-12-18)16-15-19(23(24)25)17-9-3-1-4-10-17/h1-16H. The van der Waals surface area contributed by atoms with Gasteiger partial charge in [0.15, 0.2) is 5.78 Å². The van der Waals surface area contributed by atoms with Gasteiger partial charge in [-0.05, 0) is 22.3 Å². The van der Waals surface area contributed by atoms with Crippen molar-refractivity contribution in [2.75, 3.05) is 0 Å². The molecular formula is C26H16OS. The van der Waals surface area contributed by atoms with Crippen molar-refractivity contribution >= 4 is 22.9 Å². The number of hydrogen-bond donors (Lipinski definition) is 0. The average Bonchev–Trinajstić information content (AvgIpc) is 2.78. The van der Waals surface area contributed by atoms with Crippen molar-refractivity contribution < 1.29 is 4.79 Å². The fraction of sp³-hybridized carbons (Fsp3) is 0. The first-order valence-corrected chi connectivity index (χ1v) is 9.63. The van der Waals surface area contributed by atoms with Gasteiger partial charge in [-0.3, -0.25) is 4.79 Å². The van der Waals surface area contributed by atoms with Gasteiger partial charge < -0.3 is 0 Å². The number of fused-ring (bicyclic) bond motifs is 2. The van der Waals surface area contributed by atoms with Crippen molar-refractivity contribution in [1.82, 2.24) is 0 Å². The summed E-state index contributed by atoms with van der Waals surface area (Å²) in [6.45, 7) is 0. The van der Waals surface area contributed by atoms with Crippen LogP contribution in [-0.2, 0) is 0 Å². The molecule has 0 amide bonds. The van der Waals surface area contributed by atoms with E-state index >= 15 is 0 Å². The van der Waals surface area contributed by atoms with Crippen LogP contribution in [0.25, 0.3) is 22.3 Å². The minimum Gasteiger partial charge on any atom is -0.289 e. The predicted molar refractivity (Wildman–Crippen MR) is 118 cm³/mol. The molecule has 0 unspecified atom stereocenters. The Balaban J connectivity index is 1.87. The fourth-order valence-electron chi connectivity index (χ4n) is 3.94. The van der Waals surface area contributed by atoms with Crippen LogP contribution in [0.5, 0.6) is 0 Å². The third-order valence-electron chi connectivity index (χ3n) is 5.25. The molecule has 0 aromatic heterocycles. The molecule has 0 atom stereocenters. The van der Waals surface area contributed by atoms with Crippen molar-refractivity contribution in [3.05, 3.63) is 119 Å². The van der Waals surface area contributed by atoms with Gasteiger partial charge in [-0.2, -0.15) is 0 Å². The Morgan fingerprint density at radius 1 is 0.464 bits per heavy atom. The largest absolute Gasteiger partial charge is 0.289 e. The van der Waals surface area contributed by atoms with Crippen molar-refractivity contribution in [2.24, 2.45) is 0 Å². The first-order chi connectivity index (χ1) is 13.8. The first-order valence-electron chi connectivity index (χ1n) is 9.22. The lowest BCUT2D eigenvalue weighted by Gasteiger charge is -2.25. The maximum atomic E-state index is 13.6. The van der Waals surface area contributed by atoms with Gasteiger partial charge in [0.2, 0.25) is 0 Å².